The summed E-state index contributed by atoms with van der Waals surface area (Å²) in [5, 5.41) is 16.9. The lowest BCUT2D eigenvalue weighted by atomic mass is 9.77. The Kier molecular flexibility index (Phi) is 8.83. The van der Waals surface area contributed by atoms with Crippen molar-refractivity contribution in [1.29, 1.82) is 0 Å². The van der Waals surface area contributed by atoms with Crippen LogP contribution in [0.2, 0.25) is 0 Å². The van der Waals surface area contributed by atoms with Crippen LogP contribution in [0.1, 0.15) is 36.1 Å². The highest BCUT2D eigenvalue weighted by Crippen LogP contribution is 2.43. The summed E-state index contributed by atoms with van der Waals surface area (Å²) >= 11 is 0. The maximum Gasteiger partial charge on any atom is 0.354 e. The van der Waals surface area contributed by atoms with E-state index in [1.807, 2.05) is 48.9 Å². The van der Waals surface area contributed by atoms with E-state index < -0.39 is 5.54 Å². The van der Waals surface area contributed by atoms with Gasteiger partial charge in [-0.3, -0.25) is 0 Å². The van der Waals surface area contributed by atoms with E-state index in [0.29, 0.717) is 18.1 Å². The normalized spacial score (nSPS) is 11.1. The lowest BCUT2D eigenvalue weighted by Crippen LogP contribution is -2.39. The van der Waals surface area contributed by atoms with E-state index in [2.05, 4.69) is 125 Å². The second kappa shape index (κ2) is 13.4. The molecule has 7 nitrogen and oxygen atoms in total. The fraction of sp³-hybridized carbons (Fsp3) is 0.128. The summed E-state index contributed by atoms with van der Waals surface area (Å²) in [6, 6.07) is 47.6. The number of rotatable bonds is 10. The summed E-state index contributed by atoms with van der Waals surface area (Å²) in [5.41, 5.74) is 7.57. The first kappa shape index (κ1) is 30.2. The van der Waals surface area contributed by atoms with Crippen LogP contribution in [0.3, 0.4) is 0 Å². The Bertz CT molecular complexity index is 1850. The first-order valence-corrected chi connectivity index (χ1v) is 15.2. The number of methoxy groups -OCH3 is 1. The van der Waals surface area contributed by atoms with Gasteiger partial charge < -0.3 is 10.1 Å². The average Bonchev–Trinajstić information content (AvgIpc) is 3.60. The second-order valence-electron chi connectivity index (χ2n) is 11.2. The van der Waals surface area contributed by atoms with Gasteiger partial charge in [-0.25, -0.2) is 9.48 Å². The van der Waals surface area contributed by atoms with Crippen LogP contribution in [0, 0.1) is 0 Å². The fourth-order valence-electron chi connectivity index (χ4n) is 5.96. The van der Waals surface area contributed by atoms with Crippen molar-refractivity contribution in [2.75, 3.05) is 7.11 Å². The summed E-state index contributed by atoms with van der Waals surface area (Å²) in [6.07, 6.45) is 0. The molecule has 6 rings (SSSR count). The number of ether oxygens (including phenoxy) is 1. The van der Waals surface area contributed by atoms with Crippen molar-refractivity contribution in [3.63, 3.8) is 0 Å². The summed E-state index contributed by atoms with van der Waals surface area (Å²) in [7, 11) is 1.39. The quantitative estimate of drug-likeness (QED) is 0.0995. The van der Waals surface area contributed by atoms with Gasteiger partial charge in [0, 0.05) is 12.1 Å². The number of carbonyl (C=O) groups excluding carboxylic acids is 1. The monoisotopic (exact) mass is 605 g/mol. The Balaban J connectivity index is 1.47. The standard InChI is InChI=1S/C39H35N5O2/c1-28(2)36(38(45)46-3)40-27-29-23-25-30(26-24-29)34-21-13-14-22-35(34)37-41-42-43-44(37)39(31-15-7-4-8-16-31,32-17-9-5-10-18-32)33-19-11-6-12-20-33/h4-26,40H,27H2,1-3H3. The molecule has 46 heavy (non-hydrogen) atoms. The minimum Gasteiger partial charge on any atom is -0.464 e. The molecule has 0 amide bonds. The van der Waals surface area contributed by atoms with Crippen LogP contribution in [-0.2, 0) is 21.6 Å². The first-order chi connectivity index (χ1) is 22.5. The van der Waals surface area contributed by atoms with E-state index in [0.717, 1.165) is 44.5 Å². The zero-order valence-corrected chi connectivity index (χ0v) is 26.1. The molecule has 0 bridgehead atoms. The maximum atomic E-state index is 12.2. The number of hydrogen-bond acceptors (Lipinski definition) is 6. The van der Waals surface area contributed by atoms with E-state index >= 15 is 0 Å². The molecule has 0 saturated heterocycles. The molecule has 7 heteroatoms. The molecular weight excluding hydrogens is 570 g/mol. The number of nitrogens with zero attached hydrogens (tertiary/aromatic N) is 4. The lowest BCUT2D eigenvalue weighted by molar-refractivity contribution is -0.136. The van der Waals surface area contributed by atoms with Crippen LogP contribution < -0.4 is 5.32 Å². The van der Waals surface area contributed by atoms with Gasteiger partial charge in [0.05, 0.1) is 7.11 Å². The van der Waals surface area contributed by atoms with Crippen LogP contribution in [0.25, 0.3) is 22.5 Å². The Labute approximate surface area is 269 Å². The molecule has 0 unspecified atom stereocenters. The van der Waals surface area contributed by atoms with Gasteiger partial charge in [0.2, 0.25) is 0 Å². The van der Waals surface area contributed by atoms with E-state index in [1.165, 1.54) is 7.11 Å². The summed E-state index contributed by atoms with van der Waals surface area (Å²) in [4.78, 5) is 12.2. The molecule has 1 aromatic heterocycles. The van der Waals surface area contributed by atoms with Gasteiger partial charge in [0.25, 0.3) is 0 Å². The third-order valence-electron chi connectivity index (χ3n) is 8.15. The molecule has 0 atom stereocenters. The van der Waals surface area contributed by atoms with Crippen molar-refractivity contribution in [3.05, 3.63) is 173 Å². The van der Waals surface area contributed by atoms with Gasteiger partial charge >= 0.3 is 5.97 Å². The lowest BCUT2D eigenvalue weighted by Gasteiger charge is -2.36. The summed E-state index contributed by atoms with van der Waals surface area (Å²) in [6.45, 7) is 4.26. The Hall–Kier alpha value is -5.82. The highest BCUT2D eigenvalue weighted by Gasteiger charge is 2.42. The molecule has 6 aromatic rings. The zero-order chi connectivity index (χ0) is 31.9. The number of aromatic nitrogens is 4. The predicted molar refractivity (Wildman–Crippen MR) is 181 cm³/mol. The highest BCUT2D eigenvalue weighted by molar-refractivity contribution is 5.88. The Morgan fingerprint density at radius 1 is 0.696 bits per heavy atom. The van der Waals surface area contributed by atoms with Crippen LogP contribution in [0.15, 0.2) is 151 Å². The van der Waals surface area contributed by atoms with Crippen molar-refractivity contribution in [3.8, 4) is 22.5 Å². The molecule has 0 aliphatic carbocycles. The Morgan fingerprint density at radius 2 is 1.20 bits per heavy atom. The van der Waals surface area contributed by atoms with Gasteiger partial charge in [0.15, 0.2) is 5.82 Å². The third kappa shape index (κ3) is 5.71. The van der Waals surface area contributed by atoms with Gasteiger partial charge in [-0.15, -0.1) is 5.10 Å². The summed E-state index contributed by atoms with van der Waals surface area (Å²) in [5.74, 6) is 0.269. The van der Waals surface area contributed by atoms with Crippen molar-refractivity contribution in [2.24, 2.45) is 0 Å². The number of esters is 1. The van der Waals surface area contributed by atoms with E-state index in [9.17, 15) is 4.79 Å². The Morgan fingerprint density at radius 3 is 1.70 bits per heavy atom. The van der Waals surface area contributed by atoms with E-state index in [1.54, 1.807) is 0 Å². The number of carbonyl (C=O) groups is 1. The van der Waals surface area contributed by atoms with Crippen LogP contribution >= 0.6 is 0 Å². The molecular formula is C39H35N5O2. The van der Waals surface area contributed by atoms with Gasteiger partial charge in [-0.1, -0.05) is 140 Å². The van der Waals surface area contributed by atoms with Crippen LogP contribution in [0.5, 0.6) is 0 Å². The maximum absolute atomic E-state index is 12.2. The number of hydrogen-bond donors (Lipinski definition) is 1. The second-order valence-corrected chi connectivity index (χ2v) is 11.2. The molecule has 0 fully saturated rings. The van der Waals surface area contributed by atoms with E-state index in [4.69, 9.17) is 9.95 Å². The van der Waals surface area contributed by atoms with Crippen LogP contribution in [0.4, 0.5) is 0 Å². The predicted octanol–water partition coefficient (Wildman–Crippen LogP) is 7.40. The molecule has 0 saturated carbocycles. The molecule has 5 aromatic carbocycles. The largest absolute Gasteiger partial charge is 0.464 e. The van der Waals surface area contributed by atoms with Crippen molar-refractivity contribution >= 4 is 5.97 Å². The van der Waals surface area contributed by atoms with Crippen molar-refractivity contribution < 1.29 is 9.53 Å². The molecule has 0 aliphatic rings. The molecule has 1 N–H and O–H groups in total. The number of nitrogens with one attached hydrogen (secondary N) is 1. The van der Waals surface area contributed by atoms with Crippen molar-refractivity contribution in [1.82, 2.24) is 25.5 Å². The number of benzene rings is 5. The van der Waals surface area contributed by atoms with E-state index in [-0.39, 0.29) is 5.97 Å². The first-order valence-electron chi connectivity index (χ1n) is 15.2. The summed E-state index contributed by atoms with van der Waals surface area (Å²) < 4.78 is 6.88. The minimum atomic E-state index is -0.854. The number of tetrazole rings is 1. The minimum absolute atomic E-state index is 0.374. The topological polar surface area (TPSA) is 81.9 Å². The molecule has 0 radical (unpaired) electrons. The van der Waals surface area contributed by atoms with Gasteiger partial charge in [0.1, 0.15) is 11.2 Å². The smallest absolute Gasteiger partial charge is 0.354 e. The van der Waals surface area contributed by atoms with Gasteiger partial charge in [-0.2, -0.15) is 0 Å². The average molecular weight is 606 g/mol. The zero-order valence-electron chi connectivity index (χ0n) is 26.1. The molecule has 1 heterocycles. The van der Waals surface area contributed by atoms with Crippen LogP contribution in [-0.4, -0.2) is 33.3 Å². The highest BCUT2D eigenvalue weighted by atomic mass is 16.5. The SMILES string of the molecule is COC(=O)C(NCc1ccc(-c2ccccc2-c2nnnn2C(c2ccccc2)(c2ccccc2)c2ccccc2)cc1)=C(C)C. The number of allylic oxidation sites excluding steroid dienone is 1. The molecule has 0 aliphatic heterocycles. The van der Waals surface area contributed by atoms with Gasteiger partial charge in [-0.05, 0) is 63.2 Å². The van der Waals surface area contributed by atoms with Crippen molar-refractivity contribution in [2.45, 2.75) is 25.9 Å². The third-order valence-corrected chi connectivity index (χ3v) is 8.15. The molecule has 228 valence electrons. The fourth-order valence-corrected chi connectivity index (χ4v) is 5.96. The molecule has 0 spiro atoms.